The molecule has 2 amide bonds. The Morgan fingerprint density at radius 1 is 0.960 bits per heavy atom. The summed E-state index contributed by atoms with van der Waals surface area (Å²) in [5.41, 5.74) is 1.20. The molecule has 0 aliphatic carbocycles. The van der Waals surface area contributed by atoms with Crippen molar-refractivity contribution in [2.75, 3.05) is 10.6 Å². The number of ether oxygens (including phenoxy) is 1. The van der Waals surface area contributed by atoms with Gasteiger partial charge in [0.25, 0.3) is 5.91 Å². The van der Waals surface area contributed by atoms with Gasteiger partial charge in [0.1, 0.15) is 11.4 Å². The van der Waals surface area contributed by atoms with E-state index in [-0.39, 0.29) is 5.56 Å². The Hall–Kier alpha value is -2.89. The fourth-order valence-electron chi connectivity index (χ4n) is 2.00. The average molecular weight is 344 g/mol. The van der Waals surface area contributed by atoms with Gasteiger partial charge in [0.2, 0.25) is 0 Å². The van der Waals surface area contributed by atoms with Crippen LogP contribution in [0.3, 0.4) is 0 Å². The summed E-state index contributed by atoms with van der Waals surface area (Å²) in [7, 11) is 0. The molecule has 6 heteroatoms. The molecule has 0 aliphatic heterocycles. The minimum Gasteiger partial charge on any atom is -0.444 e. The number of hydrogen-bond donors (Lipinski definition) is 2. The van der Waals surface area contributed by atoms with Gasteiger partial charge in [-0.25, -0.2) is 9.18 Å². The largest absolute Gasteiger partial charge is 0.444 e. The predicted molar refractivity (Wildman–Crippen MR) is 95.4 cm³/mol. The average Bonchev–Trinajstić information content (AvgIpc) is 2.50. The molecule has 0 saturated carbocycles. The van der Waals surface area contributed by atoms with Crippen molar-refractivity contribution in [3.05, 3.63) is 59.4 Å². The Balaban J connectivity index is 1.99. The first kappa shape index (κ1) is 18.4. The van der Waals surface area contributed by atoms with E-state index >= 15 is 0 Å². The van der Waals surface area contributed by atoms with Gasteiger partial charge in [-0.05, 0) is 69.7 Å². The quantitative estimate of drug-likeness (QED) is 0.845. The third kappa shape index (κ3) is 5.60. The van der Waals surface area contributed by atoms with Crippen molar-refractivity contribution in [1.82, 2.24) is 0 Å². The highest BCUT2D eigenvalue weighted by Gasteiger charge is 2.16. The number of anilines is 2. The number of benzene rings is 2. The highest BCUT2D eigenvalue weighted by Crippen LogP contribution is 2.17. The molecule has 0 atom stereocenters. The van der Waals surface area contributed by atoms with Crippen LogP contribution in [0.15, 0.2) is 42.5 Å². The Labute approximate surface area is 146 Å². The lowest BCUT2D eigenvalue weighted by Crippen LogP contribution is -2.27. The van der Waals surface area contributed by atoms with Crippen molar-refractivity contribution in [3.63, 3.8) is 0 Å². The fourth-order valence-corrected chi connectivity index (χ4v) is 2.00. The van der Waals surface area contributed by atoms with E-state index < -0.39 is 23.4 Å². The summed E-state index contributed by atoms with van der Waals surface area (Å²) in [5, 5.41) is 5.28. The Morgan fingerprint density at radius 2 is 1.52 bits per heavy atom. The Kier molecular flexibility index (Phi) is 5.41. The summed E-state index contributed by atoms with van der Waals surface area (Å²) in [4.78, 5) is 23.8. The van der Waals surface area contributed by atoms with Crippen molar-refractivity contribution < 1.29 is 18.7 Å². The molecule has 0 aromatic heterocycles. The highest BCUT2D eigenvalue weighted by molar-refractivity contribution is 6.04. The summed E-state index contributed by atoms with van der Waals surface area (Å²) >= 11 is 0. The molecule has 0 spiro atoms. The lowest BCUT2D eigenvalue weighted by molar-refractivity contribution is 0.0635. The molecule has 5 nitrogen and oxygen atoms in total. The molecule has 0 aliphatic rings. The molecule has 2 aromatic rings. The Morgan fingerprint density at radius 3 is 2.04 bits per heavy atom. The third-order valence-corrected chi connectivity index (χ3v) is 3.22. The van der Waals surface area contributed by atoms with Gasteiger partial charge in [-0.3, -0.25) is 10.1 Å². The normalized spacial score (nSPS) is 10.9. The zero-order valence-corrected chi connectivity index (χ0v) is 14.6. The lowest BCUT2D eigenvalue weighted by Gasteiger charge is -2.19. The van der Waals surface area contributed by atoms with E-state index in [1.165, 1.54) is 6.07 Å². The second kappa shape index (κ2) is 7.34. The number of carbonyl (C=O) groups is 2. The van der Waals surface area contributed by atoms with Crippen LogP contribution < -0.4 is 10.6 Å². The van der Waals surface area contributed by atoms with Crippen LogP contribution >= 0.6 is 0 Å². The number of rotatable bonds is 3. The molecule has 0 heterocycles. The van der Waals surface area contributed by atoms with Crippen LogP contribution in [0.5, 0.6) is 0 Å². The molecule has 0 radical (unpaired) electrons. The van der Waals surface area contributed by atoms with Gasteiger partial charge in [0.15, 0.2) is 0 Å². The molecule has 132 valence electrons. The second-order valence-corrected chi connectivity index (χ2v) is 6.62. The summed E-state index contributed by atoms with van der Waals surface area (Å²) in [6.45, 7) is 6.96. The number of aryl methyl sites for hydroxylation is 1. The third-order valence-electron chi connectivity index (χ3n) is 3.22. The number of amides is 2. The first-order valence-corrected chi connectivity index (χ1v) is 7.81. The first-order valence-electron chi connectivity index (χ1n) is 7.81. The zero-order chi connectivity index (χ0) is 18.6. The van der Waals surface area contributed by atoms with Gasteiger partial charge in [-0.15, -0.1) is 0 Å². The van der Waals surface area contributed by atoms with E-state index in [2.05, 4.69) is 10.6 Å². The van der Waals surface area contributed by atoms with E-state index in [9.17, 15) is 14.0 Å². The summed E-state index contributed by atoms with van der Waals surface area (Å²) in [6, 6.07) is 10.8. The van der Waals surface area contributed by atoms with Gasteiger partial charge in [-0.1, -0.05) is 6.07 Å². The molecule has 2 aromatic carbocycles. The number of halogens is 1. The summed E-state index contributed by atoms with van der Waals surface area (Å²) < 4.78 is 18.7. The van der Waals surface area contributed by atoms with Gasteiger partial charge in [0.05, 0.1) is 0 Å². The van der Waals surface area contributed by atoms with Crippen molar-refractivity contribution in [3.8, 4) is 0 Å². The smallest absolute Gasteiger partial charge is 0.412 e. The molecule has 0 bridgehead atoms. The first-order chi connectivity index (χ1) is 11.6. The van der Waals surface area contributed by atoms with E-state index in [4.69, 9.17) is 4.74 Å². The second-order valence-electron chi connectivity index (χ2n) is 6.62. The van der Waals surface area contributed by atoms with E-state index in [1.807, 2.05) is 0 Å². The molecule has 25 heavy (non-hydrogen) atoms. The van der Waals surface area contributed by atoms with Crippen molar-refractivity contribution in [2.24, 2.45) is 0 Å². The maximum atomic E-state index is 13.5. The number of nitrogens with one attached hydrogen (secondary N) is 2. The van der Waals surface area contributed by atoms with E-state index in [0.29, 0.717) is 16.9 Å². The van der Waals surface area contributed by atoms with E-state index in [0.717, 1.165) is 0 Å². The van der Waals surface area contributed by atoms with Crippen LogP contribution in [-0.4, -0.2) is 17.6 Å². The van der Waals surface area contributed by atoms with Crippen LogP contribution in [0.4, 0.5) is 20.6 Å². The minimum absolute atomic E-state index is 0.235. The molecule has 2 rings (SSSR count). The number of hydrogen-bond acceptors (Lipinski definition) is 3. The fraction of sp³-hybridized carbons (Fsp3) is 0.263. The monoisotopic (exact) mass is 344 g/mol. The van der Waals surface area contributed by atoms with Crippen molar-refractivity contribution in [1.29, 1.82) is 0 Å². The van der Waals surface area contributed by atoms with Gasteiger partial charge in [-0.2, -0.15) is 0 Å². The van der Waals surface area contributed by atoms with Gasteiger partial charge < -0.3 is 10.1 Å². The molecule has 2 N–H and O–H groups in total. The highest BCUT2D eigenvalue weighted by atomic mass is 19.1. The Bertz CT molecular complexity index is 780. The van der Waals surface area contributed by atoms with Crippen LogP contribution in [0.1, 0.15) is 36.7 Å². The maximum Gasteiger partial charge on any atom is 0.412 e. The zero-order valence-electron chi connectivity index (χ0n) is 14.6. The van der Waals surface area contributed by atoms with Crippen LogP contribution in [0.2, 0.25) is 0 Å². The lowest BCUT2D eigenvalue weighted by atomic mass is 10.1. The number of carbonyl (C=O) groups excluding carboxylic acids is 2. The van der Waals surface area contributed by atoms with Gasteiger partial charge in [0, 0.05) is 16.9 Å². The van der Waals surface area contributed by atoms with Crippen LogP contribution in [0.25, 0.3) is 0 Å². The van der Waals surface area contributed by atoms with Crippen molar-refractivity contribution >= 4 is 23.4 Å². The topological polar surface area (TPSA) is 67.4 Å². The van der Waals surface area contributed by atoms with Crippen molar-refractivity contribution in [2.45, 2.75) is 33.3 Å². The molecule has 0 fully saturated rings. The summed E-state index contributed by atoms with van der Waals surface area (Å²) in [5.74, 6) is -0.837. The van der Waals surface area contributed by atoms with Gasteiger partial charge >= 0.3 is 6.09 Å². The molecule has 0 saturated heterocycles. The van der Waals surface area contributed by atoms with Crippen LogP contribution in [-0.2, 0) is 4.74 Å². The minimum atomic E-state index is -0.582. The molecular formula is C19H21FN2O3. The maximum absolute atomic E-state index is 13.5. The summed E-state index contributed by atoms with van der Waals surface area (Å²) in [6.07, 6.45) is -0.556. The molecular weight excluding hydrogens is 323 g/mol. The van der Waals surface area contributed by atoms with E-state index in [1.54, 1.807) is 64.1 Å². The standard InChI is InChI=1S/C19H21FN2O3/c1-12-5-6-13(11-16(12)20)17(23)21-14-7-9-15(10-8-14)22-18(24)25-19(2,3)4/h5-11H,1-4H3,(H,21,23)(H,22,24). The molecule has 0 unspecified atom stereocenters. The van der Waals surface area contributed by atoms with Crippen LogP contribution in [0, 0.1) is 12.7 Å². The SMILES string of the molecule is Cc1ccc(C(=O)Nc2ccc(NC(=O)OC(C)(C)C)cc2)cc1F. The predicted octanol–water partition coefficient (Wildman–Crippen LogP) is 4.73.